The van der Waals surface area contributed by atoms with Crippen LogP contribution >= 0.6 is 0 Å². The maximum Gasteiger partial charge on any atom is 0.244 e. The zero-order valence-electron chi connectivity index (χ0n) is 15.0. The summed E-state index contributed by atoms with van der Waals surface area (Å²) in [6.07, 6.45) is 0. The molecule has 1 saturated heterocycles. The molecule has 0 spiro atoms. The number of fused-ring (bicyclic) bond motifs is 1. The molecule has 0 aliphatic carbocycles. The molecule has 134 valence electrons. The van der Waals surface area contributed by atoms with Crippen molar-refractivity contribution in [2.45, 2.75) is 19.5 Å². The second kappa shape index (κ2) is 6.80. The molecular weight excluding hydrogens is 328 g/mol. The molecule has 1 fully saturated rings. The fourth-order valence-electron chi connectivity index (χ4n) is 3.49. The monoisotopic (exact) mass is 350 g/mol. The van der Waals surface area contributed by atoms with Gasteiger partial charge in [-0.15, -0.1) is 0 Å². The summed E-state index contributed by atoms with van der Waals surface area (Å²) in [6.45, 7) is 3.99. The summed E-state index contributed by atoms with van der Waals surface area (Å²) in [5, 5.41) is 0. The molecule has 0 radical (unpaired) electrons. The van der Waals surface area contributed by atoms with E-state index >= 15 is 0 Å². The van der Waals surface area contributed by atoms with E-state index in [-0.39, 0.29) is 11.9 Å². The molecule has 1 N–H and O–H groups in total. The van der Waals surface area contributed by atoms with Gasteiger partial charge in [-0.05, 0) is 31.2 Å². The lowest BCUT2D eigenvalue weighted by molar-refractivity contribution is -0.125. The van der Waals surface area contributed by atoms with Crippen molar-refractivity contribution in [2.75, 3.05) is 25.1 Å². The SMILES string of the molecule is COc1ccccc1N1CCN(Cc2nc3ccccc3[nH]2)C(C)C1=O. The average Bonchev–Trinajstić information content (AvgIpc) is 3.08. The number of piperazine rings is 1. The van der Waals surface area contributed by atoms with Gasteiger partial charge < -0.3 is 14.6 Å². The largest absolute Gasteiger partial charge is 0.495 e. The number of hydrogen-bond acceptors (Lipinski definition) is 4. The quantitative estimate of drug-likeness (QED) is 0.786. The number of carbonyl (C=O) groups is 1. The minimum Gasteiger partial charge on any atom is -0.495 e. The Morgan fingerprint density at radius 2 is 1.92 bits per heavy atom. The van der Waals surface area contributed by atoms with Gasteiger partial charge in [-0.25, -0.2) is 4.98 Å². The number of para-hydroxylation sites is 4. The molecule has 2 aromatic carbocycles. The molecule has 1 aromatic heterocycles. The zero-order chi connectivity index (χ0) is 18.1. The number of nitrogens with one attached hydrogen (secondary N) is 1. The standard InChI is InChI=1S/C20H22N4O2/c1-14-20(25)24(17-9-5-6-10-18(17)26-2)12-11-23(14)13-19-21-15-7-3-4-8-16(15)22-19/h3-10,14H,11-13H2,1-2H3,(H,21,22). The smallest absolute Gasteiger partial charge is 0.244 e. The van der Waals surface area contributed by atoms with Crippen LogP contribution in [0.2, 0.25) is 0 Å². The van der Waals surface area contributed by atoms with Crippen molar-refractivity contribution >= 4 is 22.6 Å². The van der Waals surface area contributed by atoms with Gasteiger partial charge in [0.25, 0.3) is 0 Å². The van der Waals surface area contributed by atoms with Crippen LogP contribution in [-0.4, -0.2) is 47.0 Å². The first kappa shape index (κ1) is 16.6. The van der Waals surface area contributed by atoms with Gasteiger partial charge in [-0.1, -0.05) is 24.3 Å². The molecule has 6 heteroatoms. The van der Waals surface area contributed by atoms with E-state index in [0.29, 0.717) is 13.1 Å². The number of H-pyrrole nitrogens is 1. The molecule has 1 amide bonds. The summed E-state index contributed by atoms with van der Waals surface area (Å²) in [7, 11) is 1.63. The average molecular weight is 350 g/mol. The Bertz CT molecular complexity index is 903. The van der Waals surface area contributed by atoms with Gasteiger partial charge in [0.05, 0.1) is 36.4 Å². The highest BCUT2D eigenvalue weighted by Gasteiger charge is 2.33. The van der Waals surface area contributed by atoms with Crippen molar-refractivity contribution in [1.82, 2.24) is 14.9 Å². The molecule has 0 bridgehead atoms. The van der Waals surface area contributed by atoms with Crippen molar-refractivity contribution in [1.29, 1.82) is 0 Å². The Balaban J connectivity index is 1.52. The van der Waals surface area contributed by atoms with E-state index in [4.69, 9.17) is 4.74 Å². The summed E-state index contributed by atoms with van der Waals surface area (Å²) in [5.74, 6) is 1.69. The lowest BCUT2D eigenvalue weighted by atomic mass is 10.1. The Morgan fingerprint density at radius 3 is 2.73 bits per heavy atom. The Morgan fingerprint density at radius 1 is 1.15 bits per heavy atom. The first-order valence-electron chi connectivity index (χ1n) is 8.79. The van der Waals surface area contributed by atoms with Crippen LogP contribution in [0.25, 0.3) is 11.0 Å². The fourth-order valence-corrected chi connectivity index (χ4v) is 3.49. The number of aromatic nitrogens is 2. The lowest BCUT2D eigenvalue weighted by Gasteiger charge is -2.39. The van der Waals surface area contributed by atoms with Crippen molar-refractivity contribution in [3.05, 3.63) is 54.4 Å². The molecule has 26 heavy (non-hydrogen) atoms. The van der Waals surface area contributed by atoms with Gasteiger partial charge >= 0.3 is 0 Å². The summed E-state index contributed by atoms with van der Waals surface area (Å²) >= 11 is 0. The van der Waals surface area contributed by atoms with E-state index in [1.165, 1.54) is 0 Å². The van der Waals surface area contributed by atoms with Crippen LogP contribution in [0.5, 0.6) is 5.75 Å². The van der Waals surface area contributed by atoms with Crippen LogP contribution in [-0.2, 0) is 11.3 Å². The van der Waals surface area contributed by atoms with Gasteiger partial charge in [0.15, 0.2) is 0 Å². The van der Waals surface area contributed by atoms with Gasteiger partial charge in [0.1, 0.15) is 11.6 Å². The van der Waals surface area contributed by atoms with Crippen LogP contribution in [0.3, 0.4) is 0 Å². The van der Waals surface area contributed by atoms with Crippen LogP contribution in [0.15, 0.2) is 48.5 Å². The molecule has 1 atom stereocenters. The van der Waals surface area contributed by atoms with E-state index in [2.05, 4.69) is 14.9 Å². The van der Waals surface area contributed by atoms with E-state index < -0.39 is 0 Å². The molecular formula is C20H22N4O2. The molecule has 1 aliphatic rings. The number of methoxy groups -OCH3 is 1. The number of anilines is 1. The predicted molar refractivity (Wildman–Crippen MR) is 101 cm³/mol. The van der Waals surface area contributed by atoms with Gasteiger partial charge in [0, 0.05) is 13.1 Å². The van der Waals surface area contributed by atoms with E-state index in [1.54, 1.807) is 7.11 Å². The number of nitrogens with zero attached hydrogens (tertiary/aromatic N) is 3. The highest BCUT2D eigenvalue weighted by molar-refractivity contribution is 5.99. The molecule has 1 unspecified atom stereocenters. The minimum atomic E-state index is -0.220. The number of imidazole rings is 1. The minimum absolute atomic E-state index is 0.0804. The number of ether oxygens (including phenoxy) is 1. The first-order valence-corrected chi connectivity index (χ1v) is 8.79. The molecule has 6 nitrogen and oxygen atoms in total. The number of carbonyl (C=O) groups excluding carboxylic acids is 1. The second-order valence-corrected chi connectivity index (χ2v) is 6.51. The topological polar surface area (TPSA) is 61.5 Å². The third kappa shape index (κ3) is 2.93. The van der Waals surface area contributed by atoms with Crippen molar-refractivity contribution in [3.63, 3.8) is 0 Å². The van der Waals surface area contributed by atoms with Gasteiger partial charge in [-0.2, -0.15) is 0 Å². The number of amides is 1. The van der Waals surface area contributed by atoms with Crippen molar-refractivity contribution in [2.24, 2.45) is 0 Å². The van der Waals surface area contributed by atoms with Crippen molar-refractivity contribution < 1.29 is 9.53 Å². The van der Waals surface area contributed by atoms with Crippen LogP contribution in [0, 0.1) is 0 Å². The first-order chi connectivity index (χ1) is 12.7. The van der Waals surface area contributed by atoms with E-state index in [1.807, 2.05) is 60.4 Å². The number of aromatic amines is 1. The second-order valence-electron chi connectivity index (χ2n) is 6.51. The predicted octanol–water partition coefficient (Wildman–Crippen LogP) is 2.81. The molecule has 0 saturated carbocycles. The Labute approximate surface area is 152 Å². The molecule has 3 aromatic rings. The zero-order valence-corrected chi connectivity index (χ0v) is 15.0. The number of benzene rings is 2. The number of rotatable bonds is 4. The summed E-state index contributed by atoms with van der Waals surface area (Å²) in [5.41, 5.74) is 2.80. The normalized spacial score (nSPS) is 18.5. The Hall–Kier alpha value is -2.86. The third-order valence-electron chi connectivity index (χ3n) is 4.95. The molecule has 1 aliphatic heterocycles. The fraction of sp³-hybridized carbons (Fsp3) is 0.300. The highest BCUT2D eigenvalue weighted by Crippen LogP contribution is 2.30. The molecule has 2 heterocycles. The van der Waals surface area contributed by atoms with Gasteiger partial charge in [-0.3, -0.25) is 9.69 Å². The van der Waals surface area contributed by atoms with Gasteiger partial charge in [0.2, 0.25) is 5.91 Å². The summed E-state index contributed by atoms with van der Waals surface area (Å²) in [4.78, 5) is 24.9. The van der Waals surface area contributed by atoms with Crippen LogP contribution in [0.4, 0.5) is 5.69 Å². The van der Waals surface area contributed by atoms with Crippen LogP contribution in [0.1, 0.15) is 12.7 Å². The summed E-state index contributed by atoms with van der Waals surface area (Å²) < 4.78 is 5.42. The summed E-state index contributed by atoms with van der Waals surface area (Å²) in [6, 6.07) is 15.4. The Kier molecular flexibility index (Phi) is 4.34. The third-order valence-corrected chi connectivity index (χ3v) is 4.95. The lowest BCUT2D eigenvalue weighted by Crippen LogP contribution is -2.55. The maximum absolute atomic E-state index is 13.0. The molecule has 4 rings (SSSR count). The maximum atomic E-state index is 13.0. The highest BCUT2D eigenvalue weighted by atomic mass is 16.5. The number of hydrogen-bond donors (Lipinski definition) is 1. The van der Waals surface area contributed by atoms with Crippen LogP contribution < -0.4 is 9.64 Å². The van der Waals surface area contributed by atoms with E-state index in [9.17, 15) is 4.79 Å². The van der Waals surface area contributed by atoms with E-state index in [0.717, 1.165) is 34.8 Å². The van der Waals surface area contributed by atoms with Crippen molar-refractivity contribution in [3.8, 4) is 5.75 Å².